The number of aliphatic hydroxyl groups excluding tert-OH is 2. The molecule has 0 fully saturated rings. The van der Waals surface area contributed by atoms with Crippen molar-refractivity contribution in [2.24, 2.45) is 11.5 Å². The van der Waals surface area contributed by atoms with Gasteiger partial charge in [-0.15, -0.1) is 0 Å². The lowest BCUT2D eigenvalue weighted by atomic mass is 10.1. The lowest BCUT2D eigenvalue weighted by Gasteiger charge is -2.26. The van der Waals surface area contributed by atoms with Gasteiger partial charge in [0.25, 0.3) is 0 Å². The van der Waals surface area contributed by atoms with E-state index >= 15 is 0 Å². The topological polar surface area (TPSA) is 217 Å². The van der Waals surface area contributed by atoms with E-state index < -0.39 is 60.1 Å². The smallest absolute Gasteiger partial charge is 0.325 e. The summed E-state index contributed by atoms with van der Waals surface area (Å²) >= 11 is 0. The van der Waals surface area contributed by atoms with Crippen LogP contribution in [-0.4, -0.2) is 81.9 Å². The van der Waals surface area contributed by atoms with Crippen LogP contribution in [0.4, 0.5) is 0 Å². The highest BCUT2D eigenvalue weighted by Crippen LogP contribution is 2.04. The number of unbranched alkanes of at least 4 members (excludes halogenated alkanes) is 1. The summed E-state index contributed by atoms with van der Waals surface area (Å²) in [5, 5.41) is 35.1. The summed E-state index contributed by atoms with van der Waals surface area (Å²) in [5.74, 6) is -3.68. The molecule has 0 aliphatic rings. The van der Waals surface area contributed by atoms with Crippen LogP contribution in [0.5, 0.6) is 0 Å². The minimum Gasteiger partial charge on any atom is -0.480 e. The summed E-state index contributed by atoms with van der Waals surface area (Å²) in [5.41, 5.74) is 10.9. The fourth-order valence-electron chi connectivity index (χ4n) is 2.27. The predicted octanol–water partition coefficient (Wildman–Crippen LogP) is -3.24. The van der Waals surface area contributed by atoms with Crippen molar-refractivity contribution in [2.45, 2.75) is 76.4 Å². The Morgan fingerprint density at radius 3 is 1.90 bits per heavy atom. The highest BCUT2D eigenvalue weighted by atomic mass is 16.4. The first kappa shape index (κ1) is 26.7. The zero-order valence-corrected chi connectivity index (χ0v) is 16.9. The molecule has 0 saturated heterocycles. The third kappa shape index (κ3) is 9.65. The van der Waals surface area contributed by atoms with Gasteiger partial charge in [-0.1, -0.05) is 0 Å². The molecular formula is C17H33N5O7. The third-order valence-corrected chi connectivity index (χ3v) is 4.19. The Morgan fingerprint density at radius 1 is 0.862 bits per heavy atom. The maximum atomic E-state index is 12.6. The zero-order chi connectivity index (χ0) is 22.7. The average molecular weight is 419 g/mol. The van der Waals surface area contributed by atoms with Crippen LogP contribution < -0.4 is 27.4 Å². The van der Waals surface area contributed by atoms with Crippen molar-refractivity contribution in [3.63, 3.8) is 0 Å². The maximum absolute atomic E-state index is 12.6. The van der Waals surface area contributed by atoms with Gasteiger partial charge in [-0.3, -0.25) is 19.2 Å². The highest BCUT2D eigenvalue weighted by Gasteiger charge is 2.32. The average Bonchev–Trinajstić information content (AvgIpc) is 2.63. The van der Waals surface area contributed by atoms with Gasteiger partial charge in [0, 0.05) is 0 Å². The summed E-state index contributed by atoms with van der Waals surface area (Å²) in [6.45, 7) is 4.20. The SMILES string of the molecule is CC(NC(=O)C(CCCCN)NC(=O)C(NC(=O)C(N)C(C)O)C(C)O)C(=O)O. The Balaban J connectivity index is 5.27. The first-order chi connectivity index (χ1) is 13.4. The largest absolute Gasteiger partial charge is 0.480 e. The molecule has 12 heteroatoms. The molecule has 0 aromatic carbocycles. The number of rotatable bonds is 13. The van der Waals surface area contributed by atoms with Crippen LogP contribution in [0.3, 0.4) is 0 Å². The summed E-state index contributed by atoms with van der Waals surface area (Å²) in [6, 6.07) is -5.02. The normalized spacial score (nSPS) is 17.2. The van der Waals surface area contributed by atoms with E-state index in [9.17, 15) is 29.4 Å². The molecular weight excluding hydrogens is 386 g/mol. The van der Waals surface area contributed by atoms with Gasteiger partial charge < -0.3 is 42.7 Å². The zero-order valence-electron chi connectivity index (χ0n) is 16.9. The summed E-state index contributed by atoms with van der Waals surface area (Å²) in [4.78, 5) is 47.9. The number of hydrogen-bond acceptors (Lipinski definition) is 8. The van der Waals surface area contributed by atoms with E-state index in [4.69, 9.17) is 16.6 Å². The van der Waals surface area contributed by atoms with E-state index in [-0.39, 0.29) is 6.42 Å². The molecule has 29 heavy (non-hydrogen) atoms. The van der Waals surface area contributed by atoms with Gasteiger partial charge in [0.05, 0.1) is 12.2 Å². The lowest BCUT2D eigenvalue weighted by Crippen LogP contribution is -2.60. The Labute approximate surface area is 169 Å². The number of nitrogens with two attached hydrogens (primary N) is 2. The second kappa shape index (κ2) is 13.0. The molecule has 0 spiro atoms. The van der Waals surface area contributed by atoms with Gasteiger partial charge >= 0.3 is 5.97 Å². The molecule has 0 aromatic rings. The molecule has 0 heterocycles. The second-order valence-corrected chi connectivity index (χ2v) is 6.91. The monoisotopic (exact) mass is 419 g/mol. The van der Waals surface area contributed by atoms with Gasteiger partial charge in [0.2, 0.25) is 17.7 Å². The predicted molar refractivity (Wildman–Crippen MR) is 103 cm³/mol. The van der Waals surface area contributed by atoms with E-state index in [1.807, 2.05) is 0 Å². The first-order valence-electron chi connectivity index (χ1n) is 9.38. The molecule has 0 aliphatic heterocycles. The van der Waals surface area contributed by atoms with Crippen LogP contribution in [0.1, 0.15) is 40.0 Å². The Morgan fingerprint density at radius 2 is 1.45 bits per heavy atom. The van der Waals surface area contributed by atoms with Crippen molar-refractivity contribution in [1.29, 1.82) is 0 Å². The molecule has 6 atom stereocenters. The Bertz CT molecular complexity index is 570. The van der Waals surface area contributed by atoms with Crippen molar-refractivity contribution in [1.82, 2.24) is 16.0 Å². The molecule has 0 bridgehead atoms. The summed E-state index contributed by atoms with van der Waals surface area (Å²) < 4.78 is 0. The lowest BCUT2D eigenvalue weighted by molar-refractivity contribution is -0.142. The van der Waals surface area contributed by atoms with Crippen molar-refractivity contribution in [3.8, 4) is 0 Å². The molecule has 6 unspecified atom stereocenters. The standard InChI is InChI=1S/C17H33N5O7/c1-8(17(28)29)20-14(25)11(6-4-5-7-18)21-16(27)13(10(3)24)22-15(26)12(19)9(2)23/h8-13,23-24H,4-7,18-19H2,1-3H3,(H,20,25)(H,21,27)(H,22,26)(H,28,29). The number of nitrogens with one attached hydrogen (secondary N) is 3. The fraction of sp³-hybridized carbons (Fsp3) is 0.765. The van der Waals surface area contributed by atoms with Crippen molar-refractivity contribution < 1.29 is 34.5 Å². The van der Waals surface area contributed by atoms with Crippen LogP contribution in [0.25, 0.3) is 0 Å². The number of amides is 3. The Hall–Kier alpha value is -2.28. The molecule has 0 rings (SSSR count). The number of aliphatic carboxylic acids is 1. The molecule has 10 N–H and O–H groups in total. The summed E-state index contributed by atoms with van der Waals surface area (Å²) in [7, 11) is 0. The van der Waals surface area contributed by atoms with Gasteiger partial charge in [-0.05, 0) is 46.6 Å². The maximum Gasteiger partial charge on any atom is 0.325 e. The van der Waals surface area contributed by atoms with Crippen molar-refractivity contribution >= 4 is 23.7 Å². The number of carbonyl (C=O) groups excluding carboxylic acids is 3. The van der Waals surface area contributed by atoms with Gasteiger partial charge in [-0.2, -0.15) is 0 Å². The molecule has 0 aliphatic carbocycles. The number of hydrogen-bond donors (Lipinski definition) is 8. The third-order valence-electron chi connectivity index (χ3n) is 4.19. The molecule has 0 radical (unpaired) electrons. The minimum atomic E-state index is -1.44. The van der Waals surface area contributed by atoms with E-state index in [0.29, 0.717) is 19.4 Å². The first-order valence-corrected chi connectivity index (χ1v) is 9.38. The molecule has 0 aromatic heterocycles. The molecule has 3 amide bonds. The van der Waals surface area contributed by atoms with Gasteiger partial charge in [0.1, 0.15) is 24.2 Å². The van der Waals surface area contributed by atoms with E-state index in [1.165, 1.54) is 20.8 Å². The van der Waals surface area contributed by atoms with Crippen LogP contribution in [0.15, 0.2) is 0 Å². The quantitative estimate of drug-likeness (QED) is 0.140. The van der Waals surface area contributed by atoms with E-state index in [1.54, 1.807) is 0 Å². The molecule has 12 nitrogen and oxygen atoms in total. The molecule has 0 saturated carbocycles. The number of aliphatic hydroxyl groups is 2. The number of carboxylic acid groups (broad SMARTS) is 1. The van der Waals surface area contributed by atoms with Gasteiger partial charge in [0.15, 0.2) is 0 Å². The van der Waals surface area contributed by atoms with Crippen LogP contribution in [-0.2, 0) is 19.2 Å². The van der Waals surface area contributed by atoms with Crippen molar-refractivity contribution in [2.75, 3.05) is 6.54 Å². The number of carboxylic acids is 1. The van der Waals surface area contributed by atoms with Crippen LogP contribution in [0.2, 0.25) is 0 Å². The highest BCUT2D eigenvalue weighted by molar-refractivity contribution is 5.94. The Kier molecular flexibility index (Phi) is 12.0. The van der Waals surface area contributed by atoms with Gasteiger partial charge in [-0.25, -0.2) is 0 Å². The number of carbonyl (C=O) groups is 4. The van der Waals surface area contributed by atoms with Crippen molar-refractivity contribution in [3.05, 3.63) is 0 Å². The van der Waals surface area contributed by atoms with Crippen LogP contribution >= 0.6 is 0 Å². The molecule has 168 valence electrons. The summed E-state index contributed by atoms with van der Waals surface area (Å²) in [6.07, 6.45) is -1.27. The van der Waals surface area contributed by atoms with E-state index in [0.717, 1.165) is 0 Å². The van der Waals surface area contributed by atoms with E-state index in [2.05, 4.69) is 16.0 Å². The minimum absolute atomic E-state index is 0.175. The van der Waals surface area contributed by atoms with Crippen LogP contribution in [0, 0.1) is 0 Å². The second-order valence-electron chi connectivity index (χ2n) is 6.91. The fourth-order valence-corrected chi connectivity index (χ4v) is 2.27.